The molecule has 2 aliphatic heterocycles. The molecule has 3 atom stereocenters. The Labute approximate surface area is 299 Å². The summed E-state index contributed by atoms with van der Waals surface area (Å²) in [7, 11) is 0. The highest BCUT2D eigenvalue weighted by Crippen LogP contribution is 2.28. The SMILES string of the molecule is CC(CCOCCNC(=O)CCN1C(=O)CC(SCC(=O)C(C)(C)C)C1=O)OCCNC(=O)CCN1C(=O)CC(CCC(=O)C(C)(C)C)C1=O. The fourth-order valence-corrected chi connectivity index (χ4v) is 6.37. The van der Waals surface area contributed by atoms with Crippen LogP contribution in [-0.4, -0.2) is 120 Å². The average molecular weight is 725 g/mol. The zero-order valence-electron chi connectivity index (χ0n) is 30.7. The minimum Gasteiger partial charge on any atom is -0.380 e. The van der Waals surface area contributed by atoms with Gasteiger partial charge >= 0.3 is 0 Å². The smallest absolute Gasteiger partial charge is 0.242 e. The third-order valence-electron chi connectivity index (χ3n) is 8.54. The van der Waals surface area contributed by atoms with Crippen LogP contribution < -0.4 is 10.6 Å². The number of hydrogen-bond donors (Lipinski definition) is 2. The predicted octanol–water partition coefficient (Wildman–Crippen LogP) is 2.06. The van der Waals surface area contributed by atoms with Gasteiger partial charge in [0.2, 0.25) is 35.4 Å². The Bertz CT molecular complexity index is 1260. The van der Waals surface area contributed by atoms with Gasteiger partial charge in [-0.1, -0.05) is 41.5 Å². The first kappa shape index (κ1) is 43.0. The zero-order valence-corrected chi connectivity index (χ0v) is 31.5. The van der Waals surface area contributed by atoms with Crippen molar-refractivity contribution in [3.05, 3.63) is 0 Å². The monoisotopic (exact) mass is 724 g/mol. The Balaban J connectivity index is 1.49. The number of thioether (sulfide) groups is 1. The molecule has 0 spiro atoms. The summed E-state index contributed by atoms with van der Waals surface area (Å²) in [6.07, 6.45) is 1.08. The highest BCUT2D eigenvalue weighted by Gasteiger charge is 2.40. The summed E-state index contributed by atoms with van der Waals surface area (Å²) in [4.78, 5) is 101. The van der Waals surface area contributed by atoms with Gasteiger partial charge in [-0.25, -0.2) is 0 Å². The Morgan fingerprint density at radius 3 is 1.88 bits per heavy atom. The van der Waals surface area contributed by atoms with Crippen LogP contribution >= 0.6 is 11.8 Å². The van der Waals surface area contributed by atoms with Crippen LogP contribution in [0.2, 0.25) is 0 Å². The van der Waals surface area contributed by atoms with Crippen LogP contribution in [0.1, 0.15) is 93.4 Å². The van der Waals surface area contributed by atoms with Gasteiger partial charge in [0.05, 0.1) is 30.3 Å². The molecule has 14 nitrogen and oxygen atoms in total. The largest absolute Gasteiger partial charge is 0.380 e. The summed E-state index contributed by atoms with van der Waals surface area (Å²) in [5, 5.41) is 4.83. The van der Waals surface area contributed by atoms with Crippen molar-refractivity contribution in [1.29, 1.82) is 0 Å². The summed E-state index contributed by atoms with van der Waals surface area (Å²) < 4.78 is 11.2. The van der Waals surface area contributed by atoms with Crippen LogP contribution in [0.25, 0.3) is 0 Å². The van der Waals surface area contributed by atoms with E-state index >= 15 is 0 Å². The molecule has 2 aliphatic rings. The van der Waals surface area contributed by atoms with Crippen molar-refractivity contribution >= 4 is 58.8 Å². The molecule has 2 heterocycles. The van der Waals surface area contributed by atoms with E-state index in [1.54, 1.807) is 0 Å². The van der Waals surface area contributed by atoms with Gasteiger partial charge in [-0.2, -0.15) is 0 Å². The number of carbonyl (C=O) groups is 8. The Morgan fingerprint density at radius 2 is 1.30 bits per heavy atom. The molecule has 50 heavy (non-hydrogen) atoms. The molecule has 0 aromatic carbocycles. The summed E-state index contributed by atoms with van der Waals surface area (Å²) in [5.41, 5.74) is -1.01. The molecule has 0 aliphatic carbocycles. The fraction of sp³-hybridized carbons (Fsp3) is 0.771. The molecule has 15 heteroatoms. The fourth-order valence-electron chi connectivity index (χ4n) is 5.05. The maximum absolute atomic E-state index is 12.6. The summed E-state index contributed by atoms with van der Waals surface area (Å²) >= 11 is 1.18. The van der Waals surface area contributed by atoms with Crippen LogP contribution in [0.3, 0.4) is 0 Å². The van der Waals surface area contributed by atoms with Gasteiger partial charge in [-0.3, -0.25) is 48.2 Å². The van der Waals surface area contributed by atoms with Gasteiger partial charge in [-0.15, -0.1) is 11.8 Å². The van der Waals surface area contributed by atoms with Crippen molar-refractivity contribution < 1.29 is 47.8 Å². The number of ketones is 2. The molecule has 2 fully saturated rings. The Hall–Kier alpha value is -3.17. The van der Waals surface area contributed by atoms with Gasteiger partial charge in [0.15, 0.2) is 0 Å². The molecule has 6 amide bonds. The van der Waals surface area contributed by atoms with Gasteiger partial charge in [0.25, 0.3) is 0 Å². The number of Topliss-reactive ketones (excluding diaryl/α,β-unsaturated/α-hetero) is 2. The second-order valence-corrected chi connectivity index (χ2v) is 16.0. The van der Waals surface area contributed by atoms with Crippen molar-refractivity contribution in [1.82, 2.24) is 20.4 Å². The number of imide groups is 2. The first-order valence-corrected chi connectivity index (χ1v) is 18.5. The number of carbonyl (C=O) groups excluding carboxylic acids is 8. The summed E-state index contributed by atoms with van der Waals surface area (Å²) in [5.74, 6) is -2.25. The van der Waals surface area contributed by atoms with Crippen LogP contribution in [-0.2, 0) is 47.8 Å². The van der Waals surface area contributed by atoms with E-state index in [1.165, 1.54) is 11.8 Å². The van der Waals surface area contributed by atoms with E-state index in [0.29, 0.717) is 19.4 Å². The molecular weight excluding hydrogens is 668 g/mol. The molecule has 2 saturated heterocycles. The summed E-state index contributed by atoms with van der Waals surface area (Å²) in [6.45, 7) is 14.2. The lowest BCUT2D eigenvalue weighted by Crippen LogP contribution is -2.36. The van der Waals surface area contributed by atoms with E-state index in [1.807, 2.05) is 48.5 Å². The normalized spacial score (nSPS) is 18.9. The maximum atomic E-state index is 12.6. The van der Waals surface area contributed by atoms with E-state index < -0.39 is 22.0 Å². The van der Waals surface area contributed by atoms with Gasteiger partial charge < -0.3 is 20.1 Å². The minimum atomic E-state index is -0.598. The van der Waals surface area contributed by atoms with E-state index in [9.17, 15) is 38.4 Å². The summed E-state index contributed by atoms with van der Waals surface area (Å²) in [6, 6.07) is 0. The molecule has 0 bridgehead atoms. The molecule has 0 saturated carbocycles. The van der Waals surface area contributed by atoms with E-state index in [-0.39, 0.29) is 130 Å². The Morgan fingerprint density at radius 1 is 0.760 bits per heavy atom. The third kappa shape index (κ3) is 14.6. The maximum Gasteiger partial charge on any atom is 0.242 e. The highest BCUT2D eigenvalue weighted by molar-refractivity contribution is 8.01. The number of rotatable bonds is 22. The van der Waals surface area contributed by atoms with Crippen LogP contribution in [0, 0.1) is 16.7 Å². The number of nitrogens with one attached hydrogen (secondary N) is 2. The van der Waals surface area contributed by atoms with E-state index in [4.69, 9.17) is 9.47 Å². The standard InChI is InChI=1S/C35H56N4O10S/c1-23(49-19-14-37-29(43)10-15-38-30(44)20-24(32(38)46)8-9-26(40)34(2,3)4)12-17-48-18-13-36-28(42)11-16-39-31(45)21-25(33(39)47)50-22-27(41)35(5,6)7/h23-25H,8-22H2,1-7H3,(H,36,42)(H,37,43). The Kier molecular flexibility index (Phi) is 17.2. The molecular formula is C35H56N4O10S. The number of amides is 6. The molecule has 3 unspecified atom stereocenters. The second kappa shape index (κ2) is 20.0. The molecule has 0 aromatic rings. The second-order valence-electron chi connectivity index (χ2n) is 14.8. The van der Waals surface area contributed by atoms with Gasteiger partial charge in [0, 0.05) is 81.6 Å². The predicted molar refractivity (Wildman–Crippen MR) is 187 cm³/mol. The van der Waals surface area contributed by atoms with Crippen molar-refractivity contribution in [2.75, 3.05) is 51.8 Å². The number of ether oxygens (including phenoxy) is 2. The lowest BCUT2D eigenvalue weighted by molar-refractivity contribution is -0.141. The quantitative estimate of drug-likeness (QED) is 0.123. The number of likely N-dealkylation sites (tertiary alicyclic amines) is 2. The van der Waals surface area contributed by atoms with Crippen LogP contribution in [0.5, 0.6) is 0 Å². The average Bonchev–Trinajstić information content (AvgIpc) is 3.46. The topological polar surface area (TPSA) is 186 Å². The van der Waals surface area contributed by atoms with Crippen molar-refractivity contribution in [2.24, 2.45) is 16.7 Å². The lowest BCUT2D eigenvalue weighted by atomic mass is 9.86. The third-order valence-corrected chi connectivity index (χ3v) is 9.74. The number of nitrogens with zero attached hydrogens (tertiary/aromatic N) is 2. The van der Waals surface area contributed by atoms with E-state index in [2.05, 4.69) is 10.6 Å². The van der Waals surface area contributed by atoms with Crippen molar-refractivity contribution in [2.45, 2.75) is 105 Å². The highest BCUT2D eigenvalue weighted by atomic mass is 32.2. The first-order chi connectivity index (χ1) is 23.3. The molecule has 0 radical (unpaired) electrons. The van der Waals surface area contributed by atoms with Crippen LogP contribution in [0.4, 0.5) is 0 Å². The van der Waals surface area contributed by atoms with Crippen molar-refractivity contribution in [3.8, 4) is 0 Å². The van der Waals surface area contributed by atoms with E-state index in [0.717, 1.165) is 9.80 Å². The van der Waals surface area contributed by atoms with Crippen molar-refractivity contribution in [3.63, 3.8) is 0 Å². The zero-order chi connectivity index (χ0) is 37.6. The first-order valence-electron chi connectivity index (χ1n) is 17.4. The van der Waals surface area contributed by atoms with Gasteiger partial charge in [0.1, 0.15) is 11.6 Å². The number of hydrogen-bond acceptors (Lipinski definition) is 11. The molecule has 2 rings (SSSR count). The lowest BCUT2D eigenvalue weighted by Gasteiger charge is -2.18. The molecule has 282 valence electrons. The van der Waals surface area contributed by atoms with Gasteiger partial charge in [-0.05, 0) is 19.8 Å². The molecule has 2 N–H and O–H groups in total. The minimum absolute atomic E-state index is 0.00178. The molecule has 0 aromatic heterocycles. The van der Waals surface area contributed by atoms with Crippen LogP contribution in [0.15, 0.2) is 0 Å².